The summed E-state index contributed by atoms with van der Waals surface area (Å²) >= 11 is 0. The van der Waals surface area contributed by atoms with Crippen molar-refractivity contribution in [3.8, 4) is 0 Å². The van der Waals surface area contributed by atoms with Gasteiger partial charge < -0.3 is 16.8 Å². The molecular formula is C10H11F3N4O3. The number of nitrogens with zero attached hydrogens (tertiary/aromatic N) is 1. The van der Waals surface area contributed by atoms with Gasteiger partial charge in [-0.25, -0.2) is 0 Å². The zero-order valence-electron chi connectivity index (χ0n) is 10.2. The third-order valence-electron chi connectivity index (χ3n) is 2.46. The van der Waals surface area contributed by atoms with Crippen LogP contribution in [0, 0.1) is 10.1 Å². The van der Waals surface area contributed by atoms with Gasteiger partial charge in [0.15, 0.2) is 0 Å². The molecule has 110 valence electrons. The molecule has 0 radical (unpaired) electrons. The van der Waals surface area contributed by atoms with Gasteiger partial charge in [-0.2, -0.15) is 13.2 Å². The molecule has 5 N–H and O–H groups in total. The third-order valence-corrected chi connectivity index (χ3v) is 2.46. The first kappa shape index (κ1) is 15.5. The molecule has 1 rings (SSSR count). The smallest absolute Gasteiger partial charge is 0.393 e. The Balaban J connectivity index is 3.58. The molecule has 10 heteroatoms. The minimum absolute atomic E-state index is 0.0288. The molecule has 1 aromatic carbocycles. The summed E-state index contributed by atoms with van der Waals surface area (Å²) in [5.74, 6) is -0.635. The predicted octanol–water partition coefficient (Wildman–Crippen LogP) is 2.13. The second kappa shape index (κ2) is 5.23. The van der Waals surface area contributed by atoms with Crippen LogP contribution in [0.5, 0.6) is 0 Å². The van der Waals surface area contributed by atoms with Crippen molar-refractivity contribution in [3.63, 3.8) is 0 Å². The second-order valence-corrected chi connectivity index (χ2v) is 3.80. The van der Waals surface area contributed by atoms with Crippen molar-refractivity contribution in [2.24, 2.45) is 0 Å². The monoisotopic (exact) mass is 292 g/mol. The van der Waals surface area contributed by atoms with Crippen molar-refractivity contribution < 1.29 is 22.9 Å². The van der Waals surface area contributed by atoms with E-state index in [1.54, 1.807) is 0 Å². The first-order chi connectivity index (χ1) is 9.09. The summed E-state index contributed by atoms with van der Waals surface area (Å²) in [6.45, 7) is 1.46. The van der Waals surface area contributed by atoms with Crippen LogP contribution in [0.25, 0.3) is 0 Å². The van der Waals surface area contributed by atoms with E-state index < -0.39 is 45.3 Å². The number of amides is 1. The fourth-order valence-electron chi connectivity index (χ4n) is 1.47. The Morgan fingerprint density at radius 2 is 1.95 bits per heavy atom. The van der Waals surface area contributed by atoms with E-state index in [4.69, 9.17) is 11.5 Å². The summed E-state index contributed by atoms with van der Waals surface area (Å²) in [5, 5.41) is 12.9. The van der Waals surface area contributed by atoms with Gasteiger partial charge >= 0.3 is 11.9 Å². The Hall–Kier alpha value is -2.52. The molecule has 0 aliphatic rings. The van der Waals surface area contributed by atoms with Crippen molar-refractivity contribution in [1.29, 1.82) is 0 Å². The standard InChI is InChI=1S/C10H11F3N4O3/c1-2-6(18)16-5-3-4(10(11,12)13)7(14)9(8(5)15)17(19)20/h3H,2,14-15H2,1H3,(H,16,18). The van der Waals surface area contributed by atoms with Crippen molar-refractivity contribution in [1.82, 2.24) is 0 Å². The van der Waals surface area contributed by atoms with E-state index in [0.29, 0.717) is 6.07 Å². The number of nitrogens with two attached hydrogens (primary N) is 2. The summed E-state index contributed by atoms with van der Waals surface area (Å²) in [6.07, 6.45) is -4.94. The van der Waals surface area contributed by atoms with E-state index in [1.165, 1.54) is 6.92 Å². The van der Waals surface area contributed by atoms with Gasteiger partial charge in [-0.05, 0) is 6.07 Å². The molecule has 0 aliphatic carbocycles. The average Bonchev–Trinajstić information content (AvgIpc) is 2.30. The van der Waals surface area contributed by atoms with Gasteiger partial charge in [0.1, 0.15) is 11.4 Å². The van der Waals surface area contributed by atoms with Crippen LogP contribution in [0.1, 0.15) is 18.9 Å². The van der Waals surface area contributed by atoms with Gasteiger partial charge in [0.25, 0.3) is 0 Å². The summed E-state index contributed by atoms with van der Waals surface area (Å²) in [6, 6.07) is 0.477. The largest absolute Gasteiger partial charge is 0.418 e. The molecule has 0 heterocycles. The molecule has 20 heavy (non-hydrogen) atoms. The average molecular weight is 292 g/mol. The number of carbonyl (C=O) groups excluding carboxylic acids is 1. The fraction of sp³-hybridized carbons (Fsp3) is 0.300. The number of nitro groups is 1. The van der Waals surface area contributed by atoms with Crippen molar-refractivity contribution >= 4 is 28.7 Å². The lowest BCUT2D eigenvalue weighted by molar-refractivity contribution is -0.383. The number of rotatable bonds is 3. The molecule has 0 aromatic heterocycles. The van der Waals surface area contributed by atoms with Crippen LogP contribution in [-0.2, 0) is 11.0 Å². The van der Waals surface area contributed by atoms with Gasteiger partial charge in [0.05, 0.1) is 16.2 Å². The number of nitro benzene ring substituents is 1. The van der Waals surface area contributed by atoms with E-state index >= 15 is 0 Å². The summed E-state index contributed by atoms with van der Waals surface area (Å²) in [5.41, 5.74) is 5.84. The number of anilines is 3. The SMILES string of the molecule is CCC(=O)Nc1cc(C(F)(F)F)c(N)c([N+](=O)[O-])c1N. The van der Waals surface area contributed by atoms with Crippen LogP contribution < -0.4 is 16.8 Å². The van der Waals surface area contributed by atoms with Gasteiger partial charge in [0.2, 0.25) is 5.91 Å². The Morgan fingerprint density at radius 1 is 1.40 bits per heavy atom. The number of carbonyl (C=O) groups is 1. The molecule has 0 fully saturated rings. The first-order valence-electron chi connectivity index (χ1n) is 5.33. The van der Waals surface area contributed by atoms with Gasteiger partial charge in [-0.1, -0.05) is 6.92 Å². The zero-order valence-corrected chi connectivity index (χ0v) is 10.2. The predicted molar refractivity (Wildman–Crippen MR) is 65.8 cm³/mol. The van der Waals surface area contributed by atoms with E-state index in [9.17, 15) is 28.1 Å². The Bertz CT molecular complexity index is 572. The summed E-state index contributed by atoms with van der Waals surface area (Å²) < 4.78 is 38.3. The number of halogens is 3. The van der Waals surface area contributed by atoms with E-state index in [1.807, 2.05) is 0 Å². The van der Waals surface area contributed by atoms with E-state index in [2.05, 4.69) is 5.32 Å². The normalized spacial score (nSPS) is 11.2. The minimum Gasteiger partial charge on any atom is -0.393 e. The molecule has 1 aromatic rings. The number of nitrogens with one attached hydrogen (secondary N) is 1. The molecule has 0 unspecified atom stereocenters. The van der Waals surface area contributed by atoms with Crippen molar-refractivity contribution in [3.05, 3.63) is 21.7 Å². The highest BCUT2D eigenvalue weighted by molar-refractivity contribution is 5.97. The summed E-state index contributed by atoms with van der Waals surface area (Å²) in [4.78, 5) is 20.9. The number of hydrogen-bond donors (Lipinski definition) is 3. The highest BCUT2D eigenvalue weighted by Gasteiger charge is 2.38. The number of nitrogen functional groups attached to an aromatic ring is 2. The molecular weight excluding hydrogens is 281 g/mol. The third kappa shape index (κ3) is 2.90. The van der Waals surface area contributed by atoms with Crippen LogP contribution in [0.3, 0.4) is 0 Å². The molecule has 0 atom stereocenters. The molecule has 0 saturated heterocycles. The van der Waals surface area contributed by atoms with E-state index in [-0.39, 0.29) is 6.42 Å². The Labute approximate surface area is 110 Å². The Morgan fingerprint density at radius 3 is 2.35 bits per heavy atom. The summed E-state index contributed by atoms with van der Waals surface area (Å²) in [7, 11) is 0. The van der Waals surface area contributed by atoms with Crippen LogP contribution in [-0.4, -0.2) is 10.8 Å². The van der Waals surface area contributed by atoms with Crippen LogP contribution in [0.2, 0.25) is 0 Å². The Kier molecular flexibility index (Phi) is 4.06. The quantitative estimate of drug-likeness (QED) is 0.447. The molecule has 0 aliphatic heterocycles. The molecule has 7 nitrogen and oxygen atoms in total. The lowest BCUT2D eigenvalue weighted by Crippen LogP contribution is -2.17. The lowest BCUT2D eigenvalue weighted by Gasteiger charge is -2.15. The molecule has 0 bridgehead atoms. The van der Waals surface area contributed by atoms with Gasteiger partial charge in [0, 0.05) is 6.42 Å². The van der Waals surface area contributed by atoms with Crippen LogP contribution in [0.4, 0.5) is 35.9 Å². The number of hydrogen-bond acceptors (Lipinski definition) is 5. The lowest BCUT2D eigenvalue weighted by atomic mass is 10.1. The topological polar surface area (TPSA) is 124 Å². The fourth-order valence-corrected chi connectivity index (χ4v) is 1.47. The molecule has 1 amide bonds. The maximum absolute atomic E-state index is 12.8. The van der Waals surface area contributed by atoms with Crippen molar-refractivity contribution in [2.45, 2.75) is 19.5 Å². The second-order valence-electron chi connectivity index (χ2n) is 3.80. The molecule has 0 spiro atoms. The maximum atomic E-state index is 12.8. The molecule has 0 saturated carbocycles. The number of benzene rings is 1. The van der Waals surface area contributed by atoms with Gasteiger partial charge in [-0.3, -0.25) is 14.9 Å². The zero-order chi connectivity index (χ0) is 15.7. The van der Waals surface area contributed by atoms with Crippen LogP contribution >= 0.6 is 0 Å². The maximum Gasteiger partial charge on any atom is 0.418 e. The van der Waals surface area contributed by atoms with E-state index in [0.717, 1.165) is 0 Å². The minimum atomic E-state index is -4.91. The van der Waals surface area contributed by atoms with Gasteiger partial charge in [-0.15, -0.1) is 0 Å². The highest BCUT2D eigenvalue weighted by Crippen LogP contribution is 2.44. The van der Waals surface area contributed by atoms with Crippen LogP contribution in [0.15, 0.2) is 6.07 Å². The first-order valence-corrected chi connectivity index (χ1v) is 5.33. The highest BCUT2D eigenvalue weighted by atomic mass is 19.4. The van der Waals surface area contributed by atoms with Crippen molar-refractivity contribution in [2.75, 3.05) is 16.8 Å². The number of alkyl halides is 3.